The molecule has 0 N–H and O–H groups in total. The molecule has 0 aliphatic heterocycles. The normalized spacial score (nSPS) is 12.6. The van der Waals surface area contributed by atoms with Crippen LogP contribution >= 0.6 is 0 Å². The molecule has 4 nitrogen and oxygen atoms in total. The highest BCUT2D eigenvalue weighted by Gasteiger charge is 2.27. The monoisotopic (exact) mass is 806 g/mol. The van der Waals surface area contributed by atoms with E-state index in [2.05, 4.69) is 229 Å². The predicted molar refractivity (Wildman–Crippen MR) is 263 cm³/mol. The zero-order valence-electron chi connectivity index (χ0n) is 37.4. The summed E-state index contributed by atoms with van der Waals surface area (Å²) in [6.07, 6.45) is 1.93. The van der Waals surface area contributed by atoms with Crippen LogP contribution in [-0.2, 0) is 16.2 Å². The third-order valence-corrected chi connectivity index (χ3v) is 12.6. The molecule has 0 fully saturated rings. The molecule has 6 aromatic carbocycles. The van der Waals surface area contributed by atoms with E-state index in [0.717, 1.165) is 39.5 Å². The Hall–Kier alpha value is -6.78. The maximum absolute atomic E-state index is 5.41. The number of pyridine rings is 2. The standard InChI is InChI=1S/C58H54N4/c1-56(2,3)38-28-31-53-45(35-38)42-20-12-13-24-50(42)61(53)39-29-30-43(46(36-39)57(4,5)6)48-23-17-22-47(60-48)37-32-33-59-49(34-37)44-21-16-27-54(55(44)58(7,8)9)62-51-25-14-10-18-40(51)41-19-11-15-26-52(41)62/h10-36H,1-9H3. The Morgan fingerprint density at radius 3 is 1.65 bits per heavy atom. The number of rotatable bonds is 5. The maximum atomic E-state index is 5.41. The second kappa shape index (κ2) is 14.4. The Kier molecular flexibility index (Phi) is 9.15. The molecule has 4 heterocycles. The van der Waals surface area contributed by atoms with E-state index in [9.17, 15) is 0 Å². The van der Waals surface area contributed by atoms with Crippen LogP contribution in [0.5, 0.6) is 0 Å². The zero-order chi connectivity index (χ0) is 43.1. The molecular weight excluding hydrogens is 753 g/mol. The summed E-state index contributed by atoms with van der Waals surface area (Å²) in [6.45, 7) is 20.7. The lowest BCUT2D eigenvalue weighted by atomic mass is 9.81. The minimum absolute atomic E-state index is 0.0622. The minimum atomic E-state index is -0.182. The Labute approximate surface area is 365 Å². The van der Waals surface area contributed by atoms with Crippen molar-refractivity contribution in [3.8, 4) is 45.1 Å². The van der Waals surface area contributed by atoms with Crippen LogP contribution < -0.4 is 0 Å². The van der Waals surface area contributed by atoms with E-state index in [1.807, 2.05) is 6.20 Å². The van der Waals surface area contributed by atoms with E-state index in [1.54, 1.807) is 0 Å². The van der Waals surface area contributed by atoms with Gasteiger partial charge in [-0.3, -0.25) is 4.98 Å². The first-order valence-corrected chi connectivity index (χ1v) is 21.9. The number of hydrogen-bond acceptors (Lipinski definition) is 2. The number of hydrogen-bond donors (Lipinski definition) is 0. The number of aromatic nitrogens is 4. The van der Waals surface area contributed by atoms with Gasteiger partial charge in [-0.2, -0.15) is 0 Å². The largest absolute Gasteiger partial charge is 0.309 e. The van der Waals surface area contributed by atoms with Gasteiger partial charge in [0.25, 0.3) is 0 Å². The molecule has 62 heavy (non-hydrogen) atoms. The second-order valence-corrected chi connectivity index (χ2v) is 20.0. The number of fused-ring (bicyclic) bond motifs is 6. The summed E-state index contributed by atoms with van der Waals surface area (Å²) < 4.78 is 4.87. The Morgan fingerprint density at radius 2 is 1.00 bits per heavy atom. The quantitative estimate of drug-likeness (QED) is 0.174. The van der Waals surface area contributed by atoms with Gasteiger partial charge in [-0.1, -0.05) is 147 Å². The highest BCUT2D eigenvalue weighted by atomic mass is 15.0. The highest BCUT2D eigenvalue weighted by Crippen LogP contribution is 2.43. The van der Waals surface area contributed by atoms with Crippen LogP contribution in [0.1, 0.15) is 79.0 Å². The summed E-state index contributed by atoms with van der Waals surface area (Å²) in [5.41, 5.74) is 16.9. The molecule has 0 saturated carbocycles. The molecule has 4 heteroatoms. The van der Waals surface area contributed by atoms with Gasteiger partial charge >= 0.3 is 0 Å². The highest BCUT2D eigenvalue weighted by molar-refractivity contribution is 6.10. The van der Waals surface area contributed by atoms with Gasteiger partial charge in [0.1, 0.15) is 0 Å². The van der Waals surface area contributed by atoms with E-state index < -0.39 is 0 Å². The molecule has 0 radical (unpaired) electrons. The fourth-order valence-electron chi connectivity index (χ4n) is 9.63. The summed E-state index contributed by atoms with van der Waals surface area (Å²) in [4.78, 5) is 10.4. The third kappa shape index (κ3) is 6.61. The van der Waals surface area contributed by atoms with Gasteiger partial charge in [0.2, 0.25) is 0 Å². The fraction of sp³-hybridized carbons (Fsp3) is 0.207. The summed E-state index contributed by atoms with van der Waals surface area (Å²) in [5, 5.41) is 5.07. The molecule has 0 unspecified atom stereocenters. The van der Waals surface area contributed by atoms with Gasteiger partial charge in [-0.05, 0) is 106 Å². The minimum Gasteiger partial charge on any atom is -0.309 e. The van der Waals surface area contributed by atoms with Crippen LogP contribution in [0.25, 0.3) is 88.8 Å². The Morgan fingerprint density at radius 1 is 0.403 bits per heavy atom. The molecule has 306 valence electrons. The van der Waals surface area contributed by atoms with Crippen LogP contribution in [0, 0.1) is 0 Å². The van der Waals surface area contributed by atoms with Crippen molar-refractivity contribution >= 4 is 43.6 Å². The van der Waals surface area contributed by atoms with Crippen molar-refractivity contribution in [1.82, 2.24) is 19.1 Å². The van der Waals surface area contributed by atoms with E-state index in [4.69, 9.17) is 9.97 Å². The van der Waals surface area contributed by atoms with Crippen LogP contribution in [-0.4, -0.2) is 19.1 Å². The number of benzene rings is 6. The average molecular weight is 807 g/mol. The molecule has 0 saturated heterocycles. The van der Waals surface area contributed by atoms with Gasteiger partial charge in [0, 0.05) is 50.1 Å². The lowest BCUT2D eigenvalue weighted by Crippen LogP contribution is -2.17. The fourth-order valence-corrected chi connectivity index (χ4v) is 9.63. The Bertz CT molecular complexity index is 3300. The predicted octanol–water partition coefficient (Wildman–Crippen LogP) is 15.6. The first kappa shape index (κ1) is 39.4. The second-order valence-electron chi connectivity index (χ2n) is 20.0. The molecule has 0 atom stereocenters. The Balaban J connectivity index is 1.08. The van der Waals surface area contributed by atoms with Gasteiger partial charge < -0.3 is 9.13 Å². The molecule has 0 aliphatic rings. The van der Waals surface area contributed by atoms with Crippen LogP contribution in [0.15, 0.2) is 164 Å². The first-order chi connectivity index (χ1) is 29.7. The van der Waals surface area contributed by atoms with Crippen LogP contribution in [0.3, 0.4) is 0 Å². The summed E-state index contributed by atoms with van der Waals surface area (Å²) in [6, 6.07) is 57.6. The number of nitrogens with zero attached hydrogens (tertiary/aromatic N) is 4. The van der Waals surface area contributed by atoms with Gasteiger partial charge in [-0.15, -0.1) is 0 Å². The van der Waals surface area contributed by atoms with Crippen molar-refractivity contribution < 1.29 is 0 Å². The molecule has 0 bridgehead atoms. The van der Waals surface area contributed by atoms with E-state index >= 15 is 0 Å². The summed E-state index contributed by atoms with van der Waals surface area (Å²) >= 11 is 0. The first-order valence-electron chi connectivity index (χ1n) is 21.9. The van der Waals surface area contributed by atoms with Crippen LogP contribution in [0.4, 0.5) is 0 Å². The average Bonchev–Trinajstić information content (AvgIpc) is 3.78. The van der Waals surface area contributed by atoms with E-state index in [1.165, 1.54) is 66.0 Å². The summed E-state index contributed by atoms with van der Waals surface area (Å²) in [5.74, 6) is 0. The van der Waals surface area contributed by atoms with Crippen molar-refractivity contribution in [2.45, 2.75) is 78.6 Å². The van der Waals surface area contributed by atoms with Crippen LogP contribution in [0.2, 0.25) is 0 Å². The summed E-state index contributed by atoms with van der Waals surface area (Å²) in [7, 11) is 0. The van der Waals surface area contributed by atoms with E-state index in [0.29, 0.717) is 0 Å². The molecule has 10 rings (SSSR count). The van der Waals surface area contributed by atoms with Crippen molar-refractivity contribution in [2.75, 3.05) is 0 Å². The molecule has 0 spiro atoms. The lowest BCUT2D eigenvalue weighted by Gasteiger charge is -2.27. The molecule has 4 aromatic heterocycles. The van der Waals surface area contributed by atoms with Crippen molar-refractivity contribution in [1.29, 1.82) is 0 Å². The SMILES string of the molecule is CC(C)(C)c1ccc2c(c1)c1ccccc1n2-c1ccc(-c2cccc(-c3ccnc(-c4cccc(-n5c6ccccc6c6ccccc65)c4C(C)(C)C)c3)n2)c(C(C)(C)C)c1. The molecule has 10 aromatic rings. The van der Waals surface area contributed by atoms with Gasteiger partial charge in [0.05, 0.1) is 44.8 Å². The van der Waals surface area contributed by atoms with Crippen molar-refractivity contribution in [3.05, 3.63) is 181 Å². The topological polar surface area (TPSA) is 35.6 Å². The number of para-hydroxylation sites is 3. The molecular formula is C58H54N4. The molecule has 0 aliphatic carbocycles. The zero-order valence-corrected chi connectivity index (χ0v) is 37.4. The smallest absolute Gasteiger partial charge is 0.0712 e. The van der Waals surface area contributed by atoms with E-state index in [-0.39, 0.29) is 16.2 Å². The lowest BCUT2D eigenvalue weighted by molar-refractivity contribution is 0.589. The molecule has 0 amide bonds. The van der Waals surface area contributed by atoms with Crippen molar-refractivity contribution in [3.63, 3.8) is 0 Å². The maximum Gasteiger partial charge on any atom is 0.0712 e. The van der Waals surface area contributed by atoms with Gasteiger partial charge in [0.15, 0.2) is 0 Å². The third-order valence-electron chi connectivity index (χ3n) is 12.6. The van der Waals surface area contributed by atoms with Gasteiger partial charge in [-0.25, -0.2) is 4.98 Å². The van der Waals surface area contributed by atoms with Crippen molar-refractivity contribution in [2.24, 2.45) is 0 Å².